The van der Waals surface area contributed by atoms with Gasteiger partial charge in [-0.3, -0.25) is 9.59 Å². The van der Waals surface area contributed by atoms with Crippen LogP contribution in [0.4, 0.5) is 11.4 Å². The maximum absolute atomic E-state index is 12.5. The average Bonchev–Trinajstić information content (AvgIpc) is 2.57. The third-order valence-electron chi connectivity index (χ3n) is 4.74. The molecule has 24 heavy (non-hydrogen) atoms. The van der Waals surface area contributed by atoms with Crippen molar-refractivity contribution in [3.05, 3.63) is 23.8 Å². The molecule has 0 atom stereocenters. The van der Waals surface area contributed by atoms with Gasteiger partial charge in [0.1, 0.15) is 0 Å². The third kappa shape index (κ3) is 4.59. The number of hydrogen-bond donors (Lipinski definition) is 1. The van der Waals surface area contributed by atoms with Crippen LogP contribution >= 0.6 is 0 Å². The van der Waals surface area contributed by atoms with Crippen molar-refractivity contribution in [1.29, 1.82) is 0 Å². The Morgan fingerprint density at radius 3 is 2.54 bits per heavy atom. The van der Waals surface area contributed by atoms with Gasteiger partial charge in [0, 0.05) is 30.3 Å². The van der Waals surface area contributed by atoms with Gasteiger partial charge in [-0.1, -0.05) is 32.8 Å². The largest absolute Gasteiger partial charge is 0.326 e. The summed E-state index contributed by atoms with van der Waals surface area (Å²) >= 11 is 0. The standard InChI is InChI=1S/C20H30N2O2/c1-4-8-16(9-5-2)20(24)21-17-12-11-15(3)18(14-17)22-13-7-6-10-19(22)23/h11-12,14,16H,4-10,13H2,1-3H3,(H,21,24). The number of nitrogens with one attached hydrogen (secondary N) is 1. The quantitative estimate of drug-likeness (QED) is 0.790. The summed E-state index contributed by atoms with van der Waals surface area (Å²) in [6.45, 7) is 7.01. The number of aryl methyl sites for hydroxylation is 1. The van der Waals surface area contributed by atoms with Gasteiger partial charge in [0.2, 0.25) is 11.8 Å². The van der Waals surface area contributed by atoms with E-state index in [0.717, 1.165) is 62.0 Å². The Morgan fingerprint density at radius 1 is 1.21 bits per heavy atom. The average molecular weight is 330 g/mol. The second-order valence-electron chi connectivity index (χ2n) is 6.77. The van der Waals surface area contributed by atoms with Crippen molar-refractivity contribution in [1.82, 2.24) is 0 Å². The first kappa shape index (κ1) is 18.5. The van der Waals surface area contributed by atoms with Crippen LogP contribution in [0.2, 0.25) is 0 Å². The third-order valence-corrected chi connectivity index (χ3v) is 4.74. The van der Waals surface area contributed by atoms with Crippen LogP contribution in [-0.4, -0.2) is 18.4 Å². The zero-order chi connectivity index (χ0) is 17.5. The molecule has 0 aliphatic carbocycles. The van der Waals surface area contributed by atoms with Crippen molar-refractivity contribution < 1.29 is 9.59 Å². The zero-order valence-corrected chi connectivity index (χ0v) is 15.2. The van der Waals surface area contributed by atoms with E-state index in [1.807, 2.05) is 30.0 Å². The van der Waals surface area contributed by atoms with Gasteiger partial charge in [0.05, 0.1) is 0 Å². The van der Waals surface area contributed by atoms with Crippen LogP contribution < -0.4 is 10.2 Å². The Morgan fingerprint density at radius 2 is 1.92 bits per heavy atom. The van der Waals surface area contributed by atoms with E-state index < -0.39 is 0 Å². The molecule has 4 nitrogen and oxygen atoms in total. The fourth-order valence-corrected chi connectivity index (χ4v) is 3.39. The van der Waals surface area contributed by atoms with Crippen molar-refractivity contribution in [2.45, 2.75) is 65.7 Å². The molecule has 1 N–H and O–H groups in total. The molecule has 0 unspecified atom stereocenters. The normalized spacial score (nSPS) is 15.0. The number of carbonyl (C=O) groups is 2. The summed E-state index contributed by atoms with van der Waals surface area (Å²) in [5, 5.41) is 3.06. The Hall–Kier alpha value is -1.84. The van der Waals surface area contributed by atoms with Crippen molar-refractivity contribution in [3.63, 3.8) is 0 Å². The number of rotatable bonds is 7. The Labute approximate surface area is 145 Å². The lowest BCUT2D eigenvalue weighted by atomic mass is 9.97. The van der Waals surface area contributed by atoms with Crippen molar-refractivity contribution in [2.24, 2.45) is 5.92 Å². The molecule has 2 amide bonds. The lowest BCUT2D eigenvalue weighted by Crippen LogP contribution is -2.35. The van der Waals surface area contributed by atoms with Gasteiger partial charge in [-0.05, 0) is 50.3 Å². The molecule has 0 aromatic heterocycles. The van der Waals surface area contributed by atoms with E-state index >= 15 is 0 Å². The van der Waals surface area contributed by atoms with Crippen LogP contribution in [0.15, 0.2) is 18.2 Å². The van der Waals surface area contributed by atoms with E-state index in [1.54, 1.807) is 0 Å². The Bertz CT molecular complexity index is 577. The van der Waals surface area contributed by atoms with E-state index in [0.29, 0.717) is 6.42 Å². The van der Waals surface area contributed by atoms with E-state index in [9.17, 15) is 9.59 Å². The number of carbonyl (C=O) groups excluding carboxylic acids is 2. The number of benzene rings is 1. The molecular weight excluding hydrogens is 300 g/mol. The highest BCUT2D eigenvalue weighted by Gasteiger charge is 2.22. The SMILES string of the molecule is CCCC(CCC)C(=O)Nc1ccc(C)c(N2CCCCC2=O)c1. The van der Waals surface area contributed by atoms with Gasteiger partial charge in [-0.15, -0.1) is 0 Å². The molecule has 1 aliphatic rings. The molecule has 0 spiro atoms. The van der Waals surface area contributed by atoms with Crippen LogP contribution in [0.25, 0.3) is 0 Å². The number of anilines is 2. The van der Waals surface area contributed by atoms with Crippen LogP contribution in [-0.2, 0) is 9.59 Å². The molecule has 4 heteroatoms. The summed E-state index contributed by atoms with van der Waals surface area (Å²) in [5.74, 6) is 0.350. The van der Waals surface area contributed by atoms with Crippen molar-refractivity contribution >= 4 is 23.2 Å². The lowest BCUT2D eigenvalue weighted by molar-refractivity contribution is -0.120. The molecular formula is C20H30N2O2. The predicted molar refractivity (Wildman–Crippen MR) is 99.3 cm³/mol. The van der Waals surface area contributed by atoms with Gasteiger partial charge in [0.25, 0.3) is 0 Å². The second kappa shape index (κ2) is 8.86. The van der Waals surface area contributed by atoms with Crippen molar-refractivity contribution in [2.75, 3.05) is 16.8 Å². The highest BCUT2D eigenvalue weighted by molar-refractivity contribution is 5.97. The summed E-state index contributed by atoms with van der Waals surface area (Å²) in [4.78, 5) is 26.6. The molecule has 2 rings (SSSR count). The number of hydrogen-bond acceptors (Lipinski definition) is 2. The second-order valence-corrected chi connectivity index (χ2v) is 6.77. The fourth-order valence-electron chi connectivity index (χ4n) is 3.39. The minimum absolute atomic E-state index is 0.0707. The summed E-state index contributed by atoms with van der Waals surface area (Å²) in [5.41, 5.74) is 2.79. The van der Waals surface area contributed by atoms with Gasteiger partial charge >= 0.3 is 0 Å². The first-order chi connectivity index (χ1) is 11.6. The van der Waals surface area contributed by atoms with Crippen LogP contribution in [0.1, 0.15) is 64.4 Å². The first-order valence-corrected chi connectivity index (χ1v) is 9.28. The number of nitrogens with zero attached hydrogens (tertiary/aromatic N) is 1. The minimum Gasteiger partial charge on any atom is -0.326 e. The molecule has 1 aliphatic heterocycles. The molecule has 1 fully saturated rings. The first-order valence-electron chi connectivity index (χ1n) is 9.28. The van der Waals surface area contributed by atoms with Gasteiger partial charge in [0.15, 0.2) is 0 Å². The topological polar surface area (TPSA) is 49.4 Å². The van der Waals surface area contributed by atoms with Gasteiger partial charge < -0.3 is 10.2 Å². The minimum atomic E-state index is 0.0707. The highest BCUT2D eigenvalue weighted by atomic mass is 16.2. The maximum Gasteiger partial charge on any atom is 0.227 e. The summed E-state index contributed by atoms with van der Waals surface area (Å²) < 4.78 is 0. The molecule has 1 aromatic carbocycles. The predicted octanol–water partition coefficient (Wildman–Crippen LogP) is 4.67. The monoisotopic (exact) mass is 330 g/mol. The maximum atomic E-state index is 12.5. The van der Waals surface area contributed by atoms with Crippen molar-refractivity contribution in [3.8, 4) is 0 Å². The summed E-state index contributed by atoms with van der Waals surface area (Å²) in [7, 11) is 0. The smallest absolute Gasteiger partial charge is 0.227 e. The van der Waals surface area contributed by atoms with E-state index in [2.05, 4.69) is 19.2 Å². The molecule has 0 saturated carbocycles. The van der Waals surface area contributed by atoms with E-state index in [4.69, 9.17) is 0 Å². The fraction of sp³-hybridized carbons (Fsp3) is 0.600. The van der Waals surface area contributed by atoms with Crippen LogP contribution in [0.5, 0.6) is 0 Å². The Kier molecular flexibility index (Phi) is 6.83. The summed E-state index contributed by atoms with van der Waals surface area (Å²) in [6, 6.07) is 5.87. The molecule has 132 valence electrons. The Balaban J connectivity index is 2.15. The lowest BCUT2D eigenvalue weighted by Gasteiger charge is -2.28. The molecule has 0 bridgehead atoms. The zero-order valence-electron chi connectivity index (χ0n) is 15.2. The van der Waals surface area contributed by atoms with E-state index in [-0.39, 0.29) is 17.7 Å². The highest BCUT2D eigenvalue weighted by Crippen LogP contribution is 2.28. The number of piperidine rings is 1. The van der Waals surface area contributed by atoms with Crippen LogP contribution in [0.3, 0.4) is 0 Å². The molecule has 1 aromatic rings. The van der Waals surface area contributed by atoms with Crippen LogP contribution in [0, 0.1) is 12.8 Å². The molecule has 0 radical (unpaired) electrons. The summed E-state index contributed by atoms with van der Waals surface area (Å²) in [6.07, 6.45) is 6.49. The molecule has 1 heterocycles. The van der Waals surface area contributed by atoms with Gasteiger partial charge in [-0.25, -0.2) is 0 Å². The van der Waals surface area contributed by atoms with E-state index in [1.165, 1.54) is 0 Å². The van der Waals surface area contributed by atoms with Gasteiger partial charge in [-0.2, -0.15) is 0 Å². The molecule has 1 saturated heterocycles. The number of amides is 2.